The summed E-state index contributed by atoms with van der Waals surface area (Å²) in [5, 5.41) is 36.6. The average molecular weight is 2100 g/mol. The number of amidine groups is 1. The fraction of sp³-hybridized carbons (Fsp3) is 0.817. The zero-order valence-electron chi connectivity index (χ0n) is 114. The fourth-order valence-corrected chi connectivity index (χ4v) is 14.3. The third kappa shape index (κ3) is 59.6. The Balaban J connectivity index is -0.000000177. The number of hydrogen-bond donors (Lipinski definition) is 0. The molecule has 2 aliphatic rings. The van der Waals surface area contributed by atoms with E-state index in [4.69, 9.17) is 0 Å². The van der Waals surface area contributed by atoms with Gasteiger partial charge in [0.1, 0.15) is 36.0 Å². The molecule has 0 saturated carbocycles. The highest BCUT2D eigenvalue weighted by atomic mass is 15.6. The third-order valence-corrected chi connectivity index (χ3v) is 20.9. The van der Waals surface area contributed by atoms with Gasteiger partial charge in [-0.1, -0.05) is 351 Å². The van der Waals surface area contributed by atoms with E-state index in [0.717, 1.165) is 36.4 Å². The van der Waals surface area contributed by atoms with Gasteiger partial charge in [0.15, 0.2) is 5.82 Å². The first-order valence-electron chi connectivity index (χ1n) is 56.9. The summed E-state index contributed by atoms with van der Waals surface area (Å²) in [5.74, 6) is 5.43. The highest BCUT2D eigenvalue weighted by Gasteiger charge is 2.38. The minimum absolute atomic E-state index is 0. The number of allylic oxidation sites excluding steroid dienone is 1. The van der Waals surface area contributed by atoms with Gasteiger partial charge in [-0.2, -0.15) is 10.2 Å². The number of rotatable bonds is 0. The molecule has 2 aliphatic heterocycles. The van der Waals surface area contributed by atoms with Crippen molar-refractivity contribution in [2.75, 3.05) is 19.6 Å². The molecule has 23 nitrogen and oxygen atoms in total. The van der Waals surface area contributed by atoms with Crippen molar-refractivity contribution in [2.45, 2.75) is 653 Å². The van der Waals surface area contributed by atoms with Crippen LogP contribution in [0.25, 0.3) is 0 Å². The van der Waals surface area contributed by atoms with Gasteiger partial charge < -0.3 is 28.1 Å². The highest BCUT2D eigenvalue weighted by molar-refractivity contribution is 5.89. The standard InChI is InChI=1S/C12H23N.C12H21N.C11H20N2.C11H22N2.2C11H20N2.3C10H19N3.C9H18N4.9C2H6.CH4/c2*1-11(2,3)10-8-7-9-13(10)12(4,5)6;1-10(2,3)9-7-12-8-13(9)11(4,5)6;2*1-10(2,3)9-12-7-8-13(9)11(4,5)6;1-10(2,3)9-7-8-12-13(9)11(4,5)6;1-9(2,3)8-12-11-7-13(8)10(4,5)6;1-9(2,3)8-11-7-12-13(8)10(4,5)6;1-9(2,3)8-7-11-12-13(8)10(4,5)6;1-8(2,3)7-10-11-12-13(7)9(4,5)6;9*1-2;/h8H,7,9H2,1-6H3;7-9H,1-6H3;7-8H,1-6H3;7-8H2,1-6H3;2*7-8H,1-6H3;3*7H,1-6H3;1-6H3;9*1-2H3;1H4. The van der Waals surface area contributed by atoms with E-state index in [9.17, 15) is 0 Å². The SMILES string of the molecule is C.CC.CC.CC.CC.CC.CC.CC.CC.CC.CC(C)(C)C1=CCCN1C(C)(C)C.CC(C)(C)C1=NCCN1C(C)(C)C.CC(C)(C)c1cccn1C(C)(C)C.CC(C)(C)c1ccnn1C(C)(C)C.CC(C)(C)c1cncn1C(C)(C)C.CC(C)(C)c1cnnn1C(C)(C)C.CC(C)(C)c1nccn1C(C)(C)C.CC(C)(C)c1ncnn1C(C)(C)C.CC(C)(C)c1nncn1C(C)(C)C.CC(C)(C)c1nnnn1C(C)(C)C. The van der Waals surface area contributed by atoms with E-state index in [1.807, 2.05) is 170 Å². The van der Waals surface area contributed by atoms with Crippen LogP contribution in [-0.2, 0) is 87.6 Å². The molecule has 0 spiro atoms. The van der Waals surface area contributed by atoms with Gasteiger partial charge in [0.25, 0.3) is 0 Å². The quantitative estimate of drug-likeness (QED) is 0.138. The van der Waals surface area contributed by atoms with Gasteiger partial charge in [-0.25, -0.2) is 29.0 Å². The Hall–Kier alpha value is -7.59. The van der Waals surface area contributed by atoms with E-state index >= 15 is 0 Å². The Kier molecular flexibility index (Phi) is 72.2. The predicted molar refractivity (Wildman–Crippen MR) is 664 cm³/mol. The van der Waals surface area contributed by atoms with Crippen molar-refractivity contribution >= 4 is 5.84 Å². The van der Waals surface area contributed by atoms with Crippen LogP contribution < -0.4 is 0 Å². The molecule has 0 saturated heterocycles. The average Bonchev–Trinajstić information content (AvgIpc) is 1.75. The Morgan fingerprint density at radius 3 is 0.906 bits per heavy atom. The summed E-state index contributed by atoms with van der Waals surface area (Å²) in [4.78, 5) is 22.5. The lowest BCUT2D eigenvalue weighted by Gasteiger charge is -2.41. The van der Waals surface area contributed by atoms with Crippen molar-refractivity contribution < 1.29 is 0 Å². The molecule has 0 aromatic carbocycles. The maximum absolute atomic E-state index is 4.60. The maximum Gasteiger partial charge on any atom is 0.157 e. The van der Waals surface area contributed by atoms with E-state index in [-0.39, 0.29) is 112 Å². The molecule has 0 aliphatic carbocycles. The zero-order valence-corrected chi connectivity index (χ0v) is 114. The molecule has 878 valence electrons. The first-order valence-corrected chi connectivity index (χ1v) is 56.9. The highest BCUT2D eigenvalue weighted by Crippen LogP contribution is 2.39. The summed E-state index contributed by atoms with van der Waals surface area (Å²) in [6, 6.07) is 6.45. The van der Waals surface area contributed by atoms with E-state index in [1.165, 1.54) is 47.3 Å². The minimum atomic E-state index is -0.0495. The number of aromatic nitrogens is 20. The summed E-state index contributed by atoms with van der Waals surface area (Å²) in [6.45, 7) is 171. The van der Waals surface area contributed by atoms with Crippen LogP contribution in [0.5, 0.6) is 0 Å². The van der Waals surface area contributed by atoms with E-state index in [1.54, 1.807) is 12.7 Å². The van der Waals surface area contributed by atoms with E-state index in [0.29, 0.717) is 5.41 Å². The van der Waals surface area contributed by atoms with Gasteiger partial charge in [-0.05, 0) is 243 Å². The Morgan fingerprint density at radius 1 is 0.255 bits per heavy atom. The zero-order chi connectivity index (χ0) is 121. The molecular formula is C126H259N23. The third-order valence-electron chi connectivity index (χ3n) is 20.9. The first-order chi connectivity index (χ1) is 66.3. The van der Waals surface area contributed by atoms with Crippen molar-refractivity contribution in [1.82, 2.24) is 108 Å². The van der Waals surface area contributed by atoms with Crippen molar-refractivity contribution in [2.24, 2.45) is 15.8 Å². The van der Waals surface area contributed by atoms with Gasteiger partial charge in [-0.3, -0.25) is 9.67 Å². The number of hydrogen-bond acceptors (Lipinski definition) is 15. The Morgan fingerprint density at radius 2 is 0.638 bits per heavy atom. The van der Waals surface area contributed by atoms with Crippen molar-refractivity contribution in [3.63, 3.8) is 0 Å². The molecule has 23 heteroatoms. The van der Waals surface area contributed by atoms with Gasteiger partial charge in [0.2, 0.25) is 0 Å². The number of nitrogens with zero attached hydrogens (tertiary/aromatic N) is 23. The van der Waals surface area contributed by atoms with Crippen LogP contribution in [0.1, 0.15) is 600 Å². The molecule has 8 aromatic heterocycles. The van der Waals surface area contributed by atoms with Crippen LogP contribution in [0.4, 0.5) is 0 Å². The molecule has 0 amide bonds. The van der Waals surface area contributed by atoms with Crippen LogP contribution >= 0.6 is 0 Å². The van der Waals surface area contributed by atoms with Crippen LogP contribution in [0.3, 0.4) is 0 Å². The van der Waals surface area contributed by atoms with Gasteiger partial charge in [0, 0.05) is 154 Å². The molecule has 0 N–H and O–H groups in total. The van der Waals surface area contributed by atoms with E-state index < -0.39 is 0 Å². The van der Waals surface area contributed by atoms with Crippen molar-refractivity contribution in [3.05, 3.63) is 132 Å². The molecule has 10 heterocycles. The molecule has 0 radical (unpaired) electrons. The molecule has 0 atom stereocenters. The lowest BCUT2D eigenvalue weighted by atomic mass is 9.89. The van der Waals surface area contributed by atoms with E-state index in [2.05, 4.69) is 551 Å². The summed E-state index contributed by atoms with van der Waals surface area (Å²) in [7, 11) is 0. The van der Waals surface area contributed by atoms with Crippen LogP contribution in [-0.4, -0.2) is 145 Å². The Labute approximate surface area is 928 Å². The molecule has 0 unspecified atom stereocenters. The first kappa shape index (κ1) is 161. The van der Waals surface area contributed by atoms with Gasteiger partial charge in [0.05, 0.1) is 46.9 Å². The molecule has 149 heavy (non-hydrogen) atoms. The van der Waals surface area contributed by atoms with Crippen molar-refractivity contribution in [3.8, 4) is 0 Å². The summed E-state index contributed by atoms with van der Waals surface area (Å²) in [5.41, 5.74) is 9.11. The molecule has 8 aromatic rings. The lowest BCUT2D eigenvalue weighted by Crippen LogP contribution is -2.48. The number of tetrazole rings is 1. The second kappa shape index (κ2) is 66.6. The molecule has 0 bridgehead atoms. The summed E-state index contributed by atoms with van der Waals surface area (Å²) in [6.07, 6.45) is 20.8. The van der Waals surface area contributed by atoms with Crippen LogP contribution in [0, 0.1) is 10.8 Å². The summed E-state index contributed by atoms with van der Waals surface area (Å²) >= 11 is 0. The second-order valence-electron chi connectivity index (χ2n) is 55.7. The molecule has 10 rings (SSSR count). The maximum atomic E-state index is 4.60. The topological polar surface area (TPSA) is 213 Å². The monoisotopic (exact) mass is 2100 g/mol. The normalized spacial score (nSPS) is 13.1. The Bertz CT molecular complexity index is 3670. The molecular weight excluding hydrogens is 1840 g/mol. The van der Waals surface area contributed by atoms with Crippen LogP contribution in [0.2, 0.25) is 0 Å². The smallest absolute Gasteiger partial charge is 0.157 e. The molecule has 0 fully saturated rings. The second-order valence-corrected chi connectivity index (χ2v) is 55.7. The largest absolute Gasteiger partial charge is 0.369 e. The van der Waals surface area contributed by atoms with Crippen LogP contribution in [0.15, 0.2) is 91.1 Å². The number of imidazole rings is 2. The predicted octanol–water partition coefficient (Wildman–Crippen LogP) is 36.9. The fourth-order valence-electron chi connectivity index (χ4n) is 14.3. The number of aliphatic imine (C=N–C) groups is 1. The lowest BCUT2D eigenvalue weighted by molar-refractivity contribution is 0.166. The van der Waals surface area contributed by atoms with Gasteiger partial charge in [-0.15, -0.1) is 20.4 Å². The van der Waals surface area contributed by atoms with Gasteiger partial charge >= 0.3 is 0 Å². The summed E-state index contributed by atoms with van der Waals surface area (Å²) < 4.78 is 16.9. The van der Waals surface area contributed by atoms with Crippen molar-refractivity contribution in [1.29, 1.82) is 0 Å². The minimum Gasteiger partial charge on any atom is -0.369 e.